The molecular formula is C15H28O3S. The van der Waals surface area contributed by atoms with Crippen LogP contribution in [0.2, 0.25) is 0 Å². The second-order valence-corrected chi connectivity index (χ2v) is 9.59. The van der Waals surface area contributed by atoms with Crippen LogP contribution >= 0.6 is 11.8 Å². The molecule has 0 bridgehead atoms. The van der Waals surface area contributed by atoms with Crippen LogP contribution < -0.4 is 0 Å². The smallest absolute Gasteiger partial charge is 0.197 e. The molecule has 1 heterocycles. The van der Waals surface area contributed by atoms with Crippen molar-refractivity contribution in [2.45, 2.75) is 72.0 Å². The molecule has 19 heavy (non-hydrogen) atoms. The molecule has 1 rings (SSSR count). The van der Waals surface area contributed by atoms with Gasteiger partial charge in [-0.05, 0) is 19.3 Å². The van der Waals surface area contributed by atoms with E-state index in [0.717, 1.165) is 0 Å². The predicted octanol–water partition coefficient (Wildman–Crippen LogP) is 3.86. The topological polar surface area (TPSA) is 35.5 Å². The Morgan fingerprint density at radius 2 is 1.68 bits per heavy atom. The monoisotopic (exact) mass is 288 g/mol. The molecule has 0 aliphatic carbocycles. The van der Waals surface area contributed by atoms with Crippen molar-refractivity contribution < 1.29 is 14.3 Å². The van der Waals surface area contributed by atoms with Gasteiger partial charge in [0.05, 0.1) is 18.6 Å². The Morgan fingerprint density at radius 3 is 2.11 bits per heavy atom. The Balaban J connectivity index is 2.89. The fourth-order valence-corrected chi connectivity index (χ4v) is 3.10. The molecule has 0 saturated carbocycles. The van der Waals surface area contributed by atoms with Crippen LogP contribution in [0.25, 0.3) is 0 Å². The molecular weight excluding hydrogens is 260 g/mol. The molecule has 0 aromatic rings. The van der Waals surface area contributed by atoms with Gasteiger partial charge >= 0.3 is 0 Å². The van der Waals surface area contributed by atoms with E-state index in [4.69, 9.17) is 9.47 Å². The maximum atomic E-state index is 12.5. The van der Waals surface area contributed by atoms with Gasteiger partial charge in [-0.1, -0.05) is 53.3 Å². The maximum absolute atomic E-state index is 12.5. The molecule has 2 atom stereocenters. The fourth-order valence-electron chi connectivity index (χ4n) is 2.15. The summed E-state index contributed by atoms with van der Waals surface area (Å²) in [5.41, 5.74) is -0.0835. The zero-order chi connectivity index (χ0) is 15.1. The van der Waals surface area contributed by atoms with Gasteiger partial charge in [-0.15, -0.1) is 0 Å². The van der Waals surface area contributed by atoms with Gasteiger partial charge in [0.2, 0.25) is 0 Å². The Hall–Kier alpha value is -0.0600. The minimum Gasteiger partial charge on any atom is -0.350 e. The number of ether oxygens (including phenoxy) is 2. The molecule has 0 radical (unpaired) electrons. The van der Waals surface area contributed by atoms with Crippen LogP contribution in [0.15, 0.2) is 0 Å². The maximum Gasteiger partial charge on any atom is 0.197 e. The van der Waals surface area contributed by atoms with Crippen LogP contribution in [0.1, 0.15) is 55.4 Å². The minimum atomic E-state index is -0.610. The highest BCUT2D eigenvalue weighted by atomic mass is 32.2. The molecule has 0 aromatic heterocycles. The van der Waals surface area contributed by atoms with Gasteiger partial charge < -0.3 is 9.47 Å². The molecule has 1 fully saturated rings. The fraction of sp³-hybridized carbons (Fsp3) is 0.933. The highest BCUT2D eigenvalue weighted by molar-refractivity contribution is 8.14. The Bertz CT molecular complexity index is 336. The summed E-state index contributed by atoms with van der Waals surface area (Å²) in [5.74, 6) is -0.807. The minimum absolute atomic E-state index is 0.0769. The lowest BCUT2D eigenvalue weighted by molar-refractivity contribution is -0.304. The van der Waals surface area contributed by atoms with E-state index in [1.54, 1.807) is 0 Å². The number of carbonyl (C=O) groups excluding carboxylic acids is 1. The molecule has 0 spiro atoms. The van der Waals surface area contributed by atoms with Crippen molar-refractivity contribution in [2.75, 3.05) is 6.61 Å². The summed E-state index contributed by atoms with van der Waals surface area (Å²) in [7, 11) is 0. The second kappa shape index (κ2) is 5.38. The predicted molar refractivity (Wildman–Crippen MR) is 80.2 cm³/mol. The zero-order valence-corrected chi connectivity index (χ0v) is 14.3. The number of carbonyl (C=O) groups is 1. The van der Waals surface area contributed by atoms with Gasteiger partial charge in [0, 0.05) is 4.75 Å². The molecule has 112 valence electrons. The molecule has 0 unspecified atom stereocenters. The van der Waals surface area contributed by atoms with Crippen molar-refractivity contribution in [3.63, 3.8) is 0 Å². The summed E-state index contributed by atoms with van der Waals surface area (Å²) in [6.45, 7) is 16.7. The van der Waals surface area contributed by atoms with E-state index in [-0.39, 0.29) is 27.3 Å². The first-order valence-corrected chi connectivity index (χ1v) is 7.68. The quantitative estimate of drug-likeness (QED) is 0.734. The summed E-state index contributed by atoms with van der Waals surface area (Å²) < 4.78 is 11.6. The summed E-state index contributed by atoms with van der Waals surface area (Å²) >= 11 is 1.38. The molecule has 0 amide bonds. The lowest BCUT2D eigenvalue weighted by Gasteiger charge is -2.46. The average molecular weight is 288 g/mol. The van der Waals surface area contributed by atoms with E-state index in [9.17, 15) is 4.79 Å². The normalized spacial score (nSPS) is 28.2. The van der Waals surface area contributed by atoms with Crippen LogP contribution in [0, 0.1) is 11.3 Å². The molecule has 0 aromatic carbocycles. The molecule has 4 heteroatoms. The Labute approximate surface area is 121 Å². The van der Waals surface area contributed by atoms with Crippen molar-refractivity contribution in [2.24, 2.45) is 11.3 Å². The number of hydrogen-bond acceptors (Lipinski definition) is 4. The van der Waals surface area contributed by atoms with E-state index in [0.29, 0.717) is 6.61 Å². The Morgan fingerprint density at radius 1 is 1.16 bits per heavy atom. The van der Waals surface area contributed by atoms with Crippen LogP contribution in [0.3, 0.4) is 0 Å². The lowest BCUT2D eigenvalue weighted by atomic mass is 9.81. The molecule has 3 nitrogen and oxygen atoms in total. The largest absolute Gasteiger partial charge is 0.350 e. The van der Waals surface area contributed by atoms with E-state index in [2.05, 4.69) is 41.5 Å². The van der Waals surface area contributed by atoms with Gasteiger partial charge in [0.1, 0.15) is 0 Å². The number of rotatable bonds is 1. The number of hydrogen-bond donors (Lipinski definition) is 0. The second-order valence-electron chi connectivity index (χ2n) is 7.76. The van der Waals surface area contributed by atoms with Crippen molar-refractivity contribution in [1.29, 1.82) is 0 Å². The third kappa shape index (κ3) is 5.09. The van der Waals surface area contributed by atoms with Gasteiger partial charge in [-0.3, -0.25) is 4.79 Å². The third-order valence-electron chi connectivity index (χ3n) is 2.95. The van der Waals surface area contributed by atoms with Crippen LogP contribution in [-0.2, 0) is 14.3 Å². The molecule has 1 aliphatic heterocycles. The number of thioether (sulfide) groups is 1. The molecule has 1 aliphatic rings. The van der Waals surface area contributed by atoms with Crippen LogP contribution in [-0.4, -0.2) is 28.4 Å². The third-order valence-corrected chi connectivity index (χ3v) is 4.07. The first-order chi connectivity index (χ1) is 8.32. The van der Waals surface area contributed by atoms with E-state index >= 15 is 0 Å². The summed E-state index contributed by atoms with van der Waals surface area (Å²) in [5, 5.41) is 0.169. The van der Waals surface area contributed by atoms with E-state index in [1.807, 2.05) is 13.8 Å². The van der Waals surface area contributed by atoms with Gasteiger partial charge in [0.15, 0.2) is 10.9 Å². The average Bonchev–Trinajstić information content (AvgIpc) is 2.11. The first kappa shape index (κ1) is 17.0. The highest BCUT2D eigenvalue weighted by Gasteiger charge is 2.46. The first-order valence-electron chi connectivity index (χ1n) is 6.86. The summed E-state index contributed by atoms with van der Waals surface area (Å²) in [4.78, 5) is 12.5. The lowest BCUT2D eigenvalue weighted by Crippen LogP contribution is -2.53. The Kier molecular flexibility index (Phi) is 4.81. The standard InChI is InChI=1S/C15H28O3S/c1-13(2,3)11-10(9-17-15(7,8)18-11)12(16)19-14(4,5)6/h10-11H,9H2,1-8H3/t10-,11-/m1/s1. The van der Waals surface area contributed by atoms with E-state index < -0.39 is 5.79 Å². The van der Waals surface area contributed by atoms with Crippen molar-refractivity contribution >= 4 is 16.9 Å². The molecule has 1 saturated heterocycles. The van der Waals surface area contributed by atoms with Crippen molar-refractivity contribution in [3.05, 3.63) is 0 Å². The molecule has 0 N–H and O–H groups in total. The summed E-state index contributed by atoms with van der Waals surface area (Å²) in [6.07, 6.45) is -0.112. The van der Waals surface area contributed by atoms with Crippen LogP contribution in [0.4, 0.5) is 0 Å². The van der Waals surface area contributed by atoms with Crippen LogP contribution in [0.5, 0.6) is 0 Å². The zero-order valence-electron chi connectivity index (χ0n) is 13.5. The van der Waals surface area contributed by atoms with E-state index in [1.165, 1.54) is 11.8 Å². The van der Waals surface area contributed by atoms with Crippen molar-refractivity contribution in [1.82, 2.24) is 0 Å². The van der Waals surface area contributed by atoms with Gasteiger partial charge in [-0.2, -0.15) is 0 Å². The van der Waals surface area contributed by atoms with Gasteiger partial charge in [0.25, 0.3) is 0 Å². The SMILES string of the molecule is CC1(C)OC[C@@H](C(=O)SC(C)(C)C)[C@H](C(C)(C)C)O1. The highest BCUT2D eigenvalue weighted by Crippen LogP contribution is 2.40. The summed E-state index contributed by atoms with van der Waals surface area (Å²) in [6, 6.07) is 0. The van der Waals surface area contributed by atoms with Gasteiger partial charge in [-0.25, -0.2) is 0 Å². The van der Waals surface area contributed by atoms with Crippen molar-refractivity contribution in [3.8, 4) is 0 Å².